The van der Waals surface area contributed by atoms with E-state index >= 15 is 0 Å². The molecule has 0 fully saturated rings. The van der Waals surface area contributed by atoms with E-state index in [1.165, 1.54) is 0 Å². The SMILES string of the molecule is Cc1cc(-c2cnc(CN)o2)ccc1Br. The minimum atomic E-state index is 0.329. The lowest BCUT2D eigenvalue weighted by atomic mass is 10.1. The van der Waals surface area contributed by atoms with E-state index in [0.29, 0.717) is 12.4 Å². The number of rotatable bonds is 2. The standard InChI is InChI=1S/C11H11BrN2O/c1-7-4-8(2-3-9(7)12)10-6-14-11(5-13)15-10/h2-4,6H,5,13H2,1H3. The van der Waals surface area contributed by atoms with E-state index in [1.54, 1.807) is 6.20 Å². The van der Waals surface area contributed by atoms with Gasteiger partial charge in [0, 0.05) is 10.0 Å². The Balaban J connectivity index is 2.40. The third-order valence-corrected chi connectivity index (χ3v) is 3.06. The van der Waals surface area contributed by atoms with Crippen molar-refractivity contribution in [2.45, 2.75) is 13.5 Å². The summed E-state index contributed by atoms with van der Waals surface area (Å²) in [7, 11) is 0. The first kappa shape index (κ1) is 10.4. The van der Waals surface area contributed by atoms with E-state index < -0.39 is 0 Å². The van der Waals surface area contributed by atoms with Gasteiger partial charge >= 0.3 is 0 Å². The molecule has 0 atom stereocenters. The van der Waals surface area contributed by atoms with Gasteiger partial charge in [0.2, 0.25) is 5.89 Å². The highest BCUT2D eigenvalue weighted by molar-refractivity contribution is 9.10. The van der Waals surface area contributed by atoms with Crippen molar-refractivity contribution in [3.8, 4) is 11.3 Å². The molecule has 78 valence electrons. The summed E-state index contributed by atoms with van der Waals surface area (Å²) in [6.07, 6.45) is 1.70. The zero-order valence-electron chi connectivity index (χ0n) is 8.33. The quantitative estimate of drug-likeness (QED) is 0.910. The van der Waals surface area contributed by atoms with Crippen LogP contribution in [0.15, 0.2) is 33.3 Å². The molecule has 0 saturated carbocycles. The molecule has 1 heterocycles. The second-order valence-corrected chi connectivity index (χ2v) is 4.14. The van der Waals surface area contributed by atoms with Gasteiger partial charge in [-0.05, 0) is 24.6 Å². The Labute approximate surface area is 96.4 Å². The molecule has 0 saturated heterocycles. The Hall–Kier alpha value is -1.13. The third kappa shape index (κ3) is 2.11. The van der Waals surface area contributed by atoms with Crippen LogP contribution in [0.2, 0.25) is 0 Å². The highest BCUT2D eigenvalue weighted by Gasteiger charge is 2.06. The van der Waals surface area contributed by atoms with Crippen molar-refractivity contribution in [1.82, 2.24) is 4.98 Å². The summed E-state index contributed by atoms with van der Waals surface area (Å²) < 4.78 is 6.55. The predicted octanol–water partition coefficient (Wildman–Crippen LogP) is 2.87. The Kier molecular flexibility index (Phi) is 2.88. The van der Waals surface area contributed by atoms with E-state index in [0.717, 1.165) is 21.4 Å². The smallest absolute Gasteiger partial charge is 0.208 e. The average molecular weight is 267 g/mol. The molecule has 3 nitrogen and oxygen atoms in total. The predicted molar refractivity (Wildman–Crippen MR) is 62.3 cm³/mol. The third-order valence-electron chi connectivity index (χ3n) is 2.17. The van der Waals surface area contributed by atoms with Gasteiger partial charge in [-0.15, -0.1) is 0 Å². The summed E-state index contributed by atoms with van der Waals surface area (Å²) in [5, 5.41) is 0. The molecule has 0 aliphatic rings. The van der Waals surface area contributed by atoms with Gasteiger partial charge in [-0.25, -0.2) is 4.98 Å². The van der Waals surface area contributed by atoms with Crippen molar-refractivity contribution in [3.63, 3.8) is 0 Å². The van der Waals surface area contributed by atoms with Crippen LogP contribution in [0.4, 0.5) is 0 Å². The number of benzene rings is 1. The molecule has 0 amide bonds. The Morgan fingerprint density at radius 1 is 1.47 bits per heavy atom. The van der Waals surface area contributed by atoms with Crippen LogP contribution in [0.5, 0.6) is 0 Å². The average Bonchev–Trinajstić information content (AvgIpc) is 2.70. The Morgan fingerprint density at radius 2 is 2.27 bits per heavy atom. The van der Waals surface area contributed by atoms with Crippen molar-refractivity contribution in [2.75, 3.05) is 0 Å². The lowest BCUT2D eigenvalue weighted by Gasteiger charge is -2.00. The number of aromatic nitrogens is 1. The highest BCUT2D eigenvalue weighted by Crippen LogP contribution is 2.25. The molecule has 2 rings (SSSR count). The van der Waals surface area contributed by atoms with Gasteiger partial charge in [0.1, 0.15) is 0 Å². The van der Waals surface area contributed by atoms with Crippen LogP contribution >= 0.6 is 15.9 Å². The number of nitrogens with zero attached hydrogens (tertiary/aromatic N) is 1. The molecule has 0 radical (unpaired) electrons. The van der Waals surface area contributed by atoms with E-state index in [9.17, 15) is 0 Å². The summed E-state index contributed by atoms with van der Waals surface area (Å²) in [5.74, 6) is 1.32. The highest BCUT2D eigenvalue weighted by atomic mass is 79.9. The molecule has 2 aromatic rings. The maximum atomic E-state index is 5.46. The molecule has 2 N–H and O–H groups in total. The zero-order valence-corrected chi connectivity index (χ0v) is 9.91. The van der Waals surface area contributed by atoms with Gasteiger partial charge in [-0.2, -0.15) is 0 Å². The normalized spacial score (nSPS) is 10.6. The monoisotopic (exact) mass is 266 g/mol. The van der Waals surface area contributed by atoms with Crippen molar-refractivity contribution < 1.29 is 4.42 Å². The summed E-state index contributed by atoms with van der Waals surface area (Å²) in [6.45, 7) is 2.36. The van der Waals surface area contributed by atoms with Crippen LogP contribution < -0.4 is 5.73 Å². The number of halogens is 1. The van der Waals surface area contributed by atoms with E-state index in [2.05, 4.69) is 20.9 Å². The van der Waals surface area contributed by atoms with Gasteiger partial charge in [0.05, 0.1) is 12.7 Å². The van der Waals surface area contributed by atoms with Crippen molar-refractivity contribution in [2.24, 2.45) is 5.73 Å². The number of oxazole rings is 1. The molecule has 0 bridgehead atoms. The summed E-state index contributed by atoms with van der Waals surface area (Å²) in [4.78, 5) is 4.06. The molecule has 1 aromatic heterocycles. The largest absolute Gasteiger partial charge is 0.439 e. The second-order valence-electron chi connectivity index (χ2n) is 3.29. The van der Waals surface area contributed by atoms with Crippen LogP contribution in [0.3, 0.4) is 0 Å². The van der Waals surface area contributed by atoms with Gasteiger partial charge < -0.3 is 10.2 Å². The first-order chi connectivity index (χ1) is 7.20. The molecule has 0 aliphatic heterocycles. The zero-order chi connectivity index (χ0) is 10.8. The summed E-state index contributed by atoms with van der Waals surface area (Å²) in [5.41, 5.74) is 7.61. The van der Waals surface area contributed by atoms with Crippen LogP contribution in [-0.4, -0.2) is 4.98 Å². The van der Waals surface area contributed by atoms with Gasteiger partial charge in [0.15, 0.2) is 5.76 Å². The van der Waals surface area contributed by atoms with Crippen LogP contribution in [-0.2, 0) is 6.54 Å². The fourth-order valence-corrected chi connectivity index (χ4v) is 1.58. The number of hydrogen-bond acceptors (Lipinski definition) is 3. The summed E-state index contributed by atoms with van der Waals surface area (Å²) >= 11 is 3.45. The molecule has 0 unspecified atom stereocenters. The van der Waals surface area contributed by atoms with Crippen LogP contribution in [0.25, 0.3) is 11.3 Å². The fraction of sp³-hybridized carbons (Fsp3) is 0.182. The Bertz CT molecular complexity index is 479. The fourth-order valence-electron chi connectivity index (χ4n) is 1.34. The topological polar surface area (TPSA) is 52.0 Å². The molecule has 0 aliphatic carbocycles. The number of aryl methyl sites for hydroxylation is 1. The first-order valence-corrected chi connectivity index (χ1v) is 5.41. The van der Waals surface area contributed by atoms with E-state index in [1.807, 2.05) is 25.1 Å². The van der Waals surface area contributed by atoms with Crippen LogP contribution in [0, 0.1) is 6.92 Å². The van der Waals surface area contributed by atoms with Gasteiger partial charge in [0.25, 0.3) is 0 Å². The maximum Gasteiger partial charge on any atom is 0.208 e. The number of hydrogen-bond donors (Lipinski definition) is 1. The summed E-state index contributed by atoms with van der Waals surface area (Å²) in [6, 6.07) is 6.03. The maximum absolute atomic E-state index is 5.46. The van der Waals surface area contributed by atoms with Crippen molar-refractivity contribution in [1.29, 1.82) is 0 Å². The second kappa shape index (κ2) is 4.16. The number of nitrogens with two attached hydrogens (primary N) is 1. The first-order valence-electron chi connectivity index (χ1n) is 4.62. The van der Waals surface area contributed by atoms with Crippen molar-refractivity contribution >= 4 is 15.9 Å². The van der Waals surface area contributed by atoms with Gasteiger partial charge in [-0.1, -0.05) is 22.0 Å². The molecular weight excluding hydrogens is 256 g/mol. The van der Waals surface area contributed by atoms with E-state index in [-0.39, 0.29) is 0 Å². The molecule has 15 heavy (non-hydrogen) atoms. The molecule has 0 spiro atoms. The Morgan fingerprint density at radius 3 is 2.87 bits per heavy atom. The molecular formula is C11H11BrN2O. The van der Waals surface area contributed by atoms with E-state index in [4.69, 9.17) is 10.2 Å². The lowest BCUT2D eigenvalue weighted by Crippen LogP contribution is -1.94. The van der Waals surface area contributed by atoms with Gasteiger partial charge in [-0.3, -0.25) is 0 Å². The van der Waals surface area contributed by atoms with Crippen molar-refractivity contribution in [3.05, 3.63) is 40.3 Å². The van der Waals surface area contributed by atoms with Crippen LogP contribution in [0.1, 0.15) is 11.5 Å². The molecule has 1 aromatic carbocycles. The minimum absolute atomic E-state index is 0.329. The minimum Gasteiger partial charge on any atom is -0.439 e. The molecule has 4 heteroatoms. The lowest BCUT2D eigenvalue weighted by molar-refractivity contribution is 0.509.